The first-order valence-corrected chi connectivity index (χ1v) is 9.04. The number of fused-ring (bicyclic) bond motifs is 1. The summed E-state index contributed by atoms with van der Waals surface area (Å²) < 4.78 is 44.9. The van der Waals surface area contributed by atoms with Crippen LogP contribution in [0.5, 0.6) is 5.75 Å². The van der Waals surface area contributed by atoms with Crippen LogP contribution in [0.15, 0.2) is 30.5 Å². The number of hydrogen-bond donors (Lipinski definition) is 0. The predicted octanol–water partition coefficient (Wildman–Crippen LogP) is 3.44. The lowest BCUT2D eigenvalue weighted by Gasteiger charge is -2.25. The van der Waals surface area contributed by atoms with Crippen molar-refractivity contribution in [2.24, 2.45) is 0 Å². The maximum atomic E-state index is 13.2. The van der Waals surface area contributed by atoms with E-state index in [1.54, 1.807) is 12.0 Å². The standard InChI is InChI=1S/C19H18F3N5O2/c1-11-14(10-23-18-24-17(19(20,21)22)25-27(11)18)16(28)26-9-3-4-15(26)12-5-7-13(29-2)8-6-12/h5-8,10,15H,3-4,9H2,1-2H3/t15-/m1/s1. The second kappa shape index (κ2) is 7.02. The molecular weight excluding hydrogens is 387 g/mol. The molecule has 0 saturated carbocycles. The second-order valence-electron chi connectivity index (χ2n) is 6.83. The van der Waals surface area contributed by atoms with Crippen molar-refractivity contribution >= 4 is 11.7 Å². The zero-order chi connectivity index (χ0) is 20.8. The normalized spacial score (nSPS) is 17.1. The molecular formula is C19H18F3N5O2. The molecule has 0 unspecified atom stereocenters. The van der Waals surface area contributed by atoms with E-state index in [1.165, 1.54) is 13.1 Å². The van der Waals surface area contributed by atoms with E-state index in [4.69, 9.17) is 4.74 Å². The third-order valence-corrected chi connectivity index (χ3v) is 5.10. The highest BCUT2D eigenvalue weighted by Gasteiger charge is 2.37. The lowest BCUT2D eigenvalue weighted by molar-refractivity contribution is -0.144. The number of rotatable bonds is 3. The number of amides is 1. The molecule has 1 aliphatic rings. The van der Waals surface area contributed by atoms with Crippen molar-refractivity contribution in [1.82, 2.24) is 24.5 Å². The van der Waals surface area contributed by atoms with Crippen LogP contribution in [-0.4, -0.2) is 44.0 Å². The molecule has 152 valence electrons. The van der Waals surface area contributed by atoms with Gasteiger partial charge in [0.1, 0.15) is 5.75 Å². The van der Waals surface area contributed by atoms with Gasteiger partial charge in [0.25, 0.3) is 17.5 Å². The number of methoxy groups -OCH3 is 1. The highest BCUT2D eigenvalue weighted by molar-refractivity contribution is 5.95. The summed E-state index contributed by atoms with van der Waals surface area (Å²) in [6, 6.07) is 7.38. The van der Waals surface area contributed by atoms with Crippen molar-refractivity contribution in [3.05, 3.63) is 53.1 Å². The number of hydrogen-bond acceptors (Lipinski definition) is 5. The minimum absolute atomic E-state index is 0.120. The van der Waals surface area contributed by atoms with Gasteiger partial charge in [-0.2, -0.15) is 18.2 Å². The van der Waals surface area contributed by atoms with Gasteiger partial charge in [-0.25, -0.2) is 9.50 Å². The Hall–Kier alpha value is -3.17. The number of carbonyl (C=O) groups excluding carboxylic acids is 1. The number of ether oxygens (including phenoxy) is 1. The van der Waals surface area contributed by atoms with Gasteiger partial charge in [0, 0.05) is 12.7 Å². The Bertz CT molecular complexity index is 1060. The molecule has 7 nitrogen and oxygen atoms in total. The maximum Gasteiger partial charge on any atom is 0.453 e. The first-order chi connectivity index (χ1) is 13.8. The topological polar surface area (TPSA) is 72.6 Å². The van der Waals surface area contributed by atoms with Gasteiger partial charge < -0.3 is 9.64 Å². The minimum Gasteiger partial charge on any atom is -0.497 e. The summed E-state index contributed by atoms with van der Waals surface area (Å²) in [5, 5.41) is 3.48. The highest BCUT2D eigenvalue weighted by atomic mass is 19.4. The molecule has 3 aromatic rings. The maximum absolute atomic E-state index is 13.2. The van der Waals surface area contributed by atoms with Crippen LogP contribution in [0.2, 0.25) is 0 Å². The van der Waals surface area contributed by atoms with Crippen molar-refractivity contribution < 1.29 is 22.7 Å². The number of halogens is 3. The first kappa shape index (κ1) is 19.2. The molecule has 4 rings (SSSR count). The molecule has 3 heterocycles. The number of benzene rings is 1. The van der Waals surface area contributed by atoms with E-state index in [1.807, 2.05) is 24.3 Å². The van der Waals surface area contributed by atoms with Crippen molar-refractivity contribution in [3.8, 4) is 5.75 Å². The largest absolute Gasteiger partial charge is 0.497 e. The predicted molar refractivity (Wildman–Crippen MR) is 96.5 cm³/mol. The average Bonchev–Trinajstić information content (AvgIpc) is 3.35. The highest BCUT2D eigenvalue weighted by Crippen LogP contribution is 2.34. The number of aromatic nitrogens is 4. The fraction of sp³-hybridized carbons (Fsp3) is 0.368. The summed E-state index contributed by atoms with van der Waals surface area (Å²) in [5.41, 5.74) is 1.45. The number of likely N-dealkylation sites (tertiary alicyclic amines) is 1. The van der Waals surface area contributed by atoms with E-state index >= 15 is 0 Å². The zero-order valence-corrected chi connectivity index (χ0v) is 15.8. The third kappa shape index (κ3) is 3.39. The fourth-order valence-electron chi connectivity index (χ4n) is 3.61. The van der Waals surface area contributed by atoms with Crippen LogP contribution in [0.25, 0.3) is 5.78 Å². The number of nitrogens with zero attached hydrogens (tertiary/aromatic N) is 5. The molecule has 0 N–H and O–H groups in total. The van der Waals surface area contributed by atoms with E-state index in [2.05, 4.69) is 15.1 Å². The van der Waals surface area contributed by atoms with Crippen molar-refractivity contribution in [2.75, 3.05) is 13.7 Å². The van der Waals surface area contributed by atoms with Crippen LogP contribution in [0, 0.1) is 6.92 Å². The average molecular weight is 405 g/mol. The van der Waals surface area contributed by atoms with Gasteiger partial charge in [0.05, 0.1) is 24.4 Å². The molecule has 1 aromatic carbocycles. The van der Waals surface area contributed by atoms with E-state index in [0.29, 0.717) is 6.54 Å². The summed E-state index contributed by atoms with van der Waals surface area (Å²) in [6.07, 6.45) is -1.78. The van der Waals surface area contributed by atoms with Crippen molar-refractivity contribution in [3.63, 3.8) is 0 Å². The quantitative estimate of drug-likeness (QED) is 0.668. The number of carbonyl (C=O) groups is 1. The monoisotopic (exact) mass is 405 g/mol. The molecule has 1 atom stereocenters. The molecule has 1 fully saturated rings. The molecule has 1 saturated heterocycles. The number of alkyl halides is 3. The van der Waals surface area contributed by atoms with E-state index in [0.717, 1.165) is 28.7 Å². The Morgan fingerprint density at radius 2 is 1.97 bits per heavy atom. The molecule has 29 heavy (non-hydrogen) atoms. The van der Waals surface area contributed by atoms with E-state index in [9.17, 15) is 18.0 Å². The first-order valence-electron chi connectivity index (χ1n) is 9.04. The Labute approximate surface area is 164 Å². The Morgan fingerprint density at radius 1 is 1.24 bits per heavy atom. The Kier molecular flexibility index (Phi) is 4.64. The van der Waals surface area contributed by atoms with E-state index in [-0.39, 0.29) is 29.0 Å². The number of aryl methyl sites for hydroxylation is 1. The smallest absolute Gasteiger partial charge is 0.453 e. The summed E-state index contributed by atoms with van der Waals surface area (Å²) >= 11 is 0. The zero-order valence-electron chi connectivity index (χ0n) is 15.8. The molecule has 0 bridgehead atoms. The van der Waals surface area contributed by atoms with Gasteiger partial charge in [-0.3, -0.25) is 4.79 Å². The van der Waals surface area contributed by atoms with E-state index < -0.39 is 12.0 Å². The van der Waals surface area contributed by atoms with Gasteiger partial charge in [-0.1, -0.05) is 12.1 Å². The van der Waals surface area contributed by atoms with Crippen LogP contribution < -0.4 is 4.74 Å². The minimum atomic E-state index is -4.68. The van der Waals surface area contributed by atoms with Crippen LogP contribution in [0.3, 0.4) is 0 Å². The van der Waals surface area contributed by atoms with Gasteiger partial charge >= 0.3 is 6.18 Å². The van der Waals surface area contributed by atoms with Crippen LogP contribution in [0.4, 0.5) is 13.2 Å². The SMILES string of the molecule is COc1ccc([C@H]2CCCN2C(=O)c2cnc3nc(C(F)(F)F)nn3c2C)cc1. The van der Waals surface area contributed by atoms with Gasteiger partial charge in [0.2, 0.25) is 0 Å². The van der Waals surface area contributed by atoms with Crippen molar-refractivity contribution in [1.29, 1.82) is 0 Å². The van der Waals surface area contributed by atoms with Crippen molar-refractivity contribution in [2.45, 2.75) is 32.0 Å². The molecule has 0 radical (unpaired) electrons. The Morgan fingerprint density at radius 3 is 2.62 bits per heavy atom. The van der Waals surface area contributed by atoms with Gasteiger partial charge in [-0.05, 0) is 37.5 Å². The molecule has 1 aliphatic heterocycles. The van der Waals surface area contributed by atoms with Crippen LogP contribution >= 0.6 is 0 Å². The van der Waals surface area contributed by atoms with Crippen LogP contribution in [0.1, 0.15) is 46.3 Å². The van der Waals surface area contributed by atoms with Gasteiger partial charge in [0.15, 0.2) is 0 Å². The lowest BCUT2D eigenvalue weighted by Crippen LogP contribution is -2.31. The van der Waals surface area contributed by atoms with Crippen LogP contribution in [-0.2, 0) is 6.18 Å². The van der Waals surface area contributed by atoms with Gasteiger partial charge in [-0.15, -0.1) is 5.10 Å². The summed E-state index contributed by atoms with van der Waals surface area (Å²) in [7, 11) is 1.58. The third-order valence-electron chi connectivity index (χ3n) is 5.10. The molecule has 1 amide bonds. The lowest BCUT2D eigenvalue weighted by atomic mass is 10.0. The second-order valence-corrected chi connectivity index (χ2v) is 6.83. The summed E-state index contributed by atoms with van der Waals surface area (Å²) in [6.45, 7) is 2.09. The Balaban J connectivity index is 1.67. The summed E-state index contributed by atoms with van der Waals surface area (Å²) in [4.78, 5) is 22.2. The fourth-order valence-corrected chi connectivity index (χ4v) is 3.61. The molecule has 10 heteroatoms. The molecule has 0 spiro atoms. The molecule has 2 aromatic heterocycles. The summed E-state index contributed by atoms with van der Waals surface area (Å²) in [5.74, 6) is -1.05. The molecule has 0 aliphatic carbocycles.